The number of hydrogen-bond donors (Lipinski definition) is 0. The average molecular weight is 742 g/mol. The Balaban J connectivity index is 1.93. The molecule has 4 aromatic carbocycles. The van der Waals surface area contributed by atoms with E-state index >= 15 is 0 Å². The molecule has 4 aromatic rings. The van der Waals surface area contributed by atoms with E-state index in [0.717, 1.165) is 12.8 Å². The Labute approximate surface area is 305 Å². The molecule has 0 saturated heterocycles. The first kappa shape index (κ1) is 36.9. The normalized spacial score (nSPS) is 15.3. The molecule has 262 valence electrons. The first-order valence-electron chi connectivity index (χ1n) is 18.9. The Morgan fingerprint density at radius 2 is 1.02 bits per heavy atom. The van der Waals surface area contributed by atoms with Gasteiger partial charge >= 0.3 is 308 Å². The van der Waals surface area contributed by atoms with Crippen LogP contribution in [0.2, 0.25) is 0 Å². The minimum absolute atomic E-state index is 0.0298. The molecule has 0 N–H and O–H groups in total. The van der Waals surface area contributed by atoms with Crippen LogP contribution in [0.5, 0.6) is 0 Å². The third-order valence-electron chi connectivity index (χ3n) is 11.9. The van der Waals surface area contributed by atoms with Gasteiger partial charge in [0, 0.05) is 0 Å². The number of allylic oxidation sites excluding steroid dienone is 4. The Morgan fingerprint density at radius 1 is 0.560 bits per heavy atom. The van der Waals surface area contributed by atoms with Crippen LogP contribution >= 0.6 is 0 Å². The summed E-state index contributed by atoms with van der Waals surface area (Å²) in [5.74, 6) is 0. The van der Waals surface area contributed by atoms with Gasteiger partial charge < -0.3 is 0 Å². The molecule has 0 amide bonds. The fourth-order valence-electron chi connectivity index (χ4n) is 9.29. The van der Waals surface area contributed by atoms with E-state index in [0.29, 0.717) is 0 Å². The number of hydrogen-bond acceptors (Lipinski definition) is 0. The summed E-state index contributed by atoms with van der Waals surface area (Å²) in [6.45, 7) is 33.4. The number of rotatable bonds is 4. The summed E-state index contributed by atoms with van der Waals surface area (Å²) in [4.78, 5) is 0. The zero-order valence-corrected chi connectivity index (χ0v) is 36.2. The van der Waals surface area contributed by atoms with Crippen LogP contribution in [0.4, 0.5) is 0 Å². The van der Waals surface area contributed by atoms with E-state index in [9.17, 15) is 0 Å². The van der Waals surface area contributed by atoms with Gasteiger partial charge in [0.05, 0.1) is 0 Å². The molecule has 2 aliphatic carbocycles. The van der Waals surface area contributed by atoms with Crippen molar-refractivity contribution >= 4 is 14.0 Å². The molecule has 50 heavy (non-hydrogen) atoms. The Hall–Kier alpha value is -2.89. The summed E-state index contributed by atoms with van der Waals surface area (Å²) >= 11 is -5.01. The second-order valence-corrected chi connectivity index (χ2v) is 32.8. The molecule has 1 heteroatoms. The first-order valence-corrected chi connectivity index (χ1v) is 25.6. The van der Waals surface area contributed by atoms with Crippen molar-refractivity contribution in [2.75, 3.05) is 0 Å². The van der Waals surface area contributed by atoms with Gasteiger partial charge in [-0.05, 0) is 0 Å². The second-order valence-electron chi connectivity index (χ2n) is 19.9. The summed E-state index contributed by atoms with van der Waals surface area (Å²) in [5.41, 5.74) is 14.3. The number of benzene rings is 4. The van der Waals surface area contributed by atoms with Crippen LogP contribution in [-0.2, 0) is 46.4 Å². The van der Waals surface area contributed by atoms with Gasteiger partial charge in [-0.2, -0.15) is 0 Å². The van der Waals surface area contributed by atoms with E-state index in [1.54, 1.807) is 6.55 Å². The van der Waals surface area contributed by atoms with Crippen molar-refractivity contribution in [1.82, 2.24) is 0 Å². The molecule has 0 bridgehead atoms. The Bertz CT molecular complexity index is 2060. The van der Waals surface area contributed by atoms with Gasteiger partial charge in [0.15, 0.2) is 0 Å². The van der Waals surface area contributed by atoms with Crippen molar-refractivity contribution < 1.29 is 18.3 Å². The molecule has 0 aliphatic heterocycles. The van der Waals surface area contributed by atoms with E-state index in [2.05, 4.69) is 182 Å². The first-order chi connectivity index (χ1) is 23.0. The molecule has 2 aliphatic rings. The standard InChI is InChI=1S/C29H41.2C7H7.C5H5.CH2.Zr/c1-26(2,3)22-14-18-13-19-15-23(27(4,5)6)25(29(10,11)12)17-21(19)20(18)16-24(22)28(7,8)9;2*1-7-5-3-2-4-6-7;1-2-4-5-3-1;;/h14,16-17H,13H2,1-12H3;2*3-6H,1H3;1-3H,4H2;1H2;. The molecular formula is C49H62Zr. The molecule has 0 nitrogen and oxygen atoms in total. The average Bonchev–Trinajstić information content (AvgIpc) is 3.67. The molecule has 0 heterocycles. The van der Waals surface area contributed by atoms with E-state index in [1.807, 2.05) is 0 Å². The van der Waals surface area contributed by atoms with Crippen molar-refractivity contribution in [3.8, 4) is 11.1 Å². The monoisotopic (exact) mass is 740 g/mol. The zero-order valence-electron chi connectivity index (χ0n) is 33.7. The Kier molecular flexibility index (Phi) is 8.72. The fourth-order valence-corrected chi connectivity index (χ4v) is 25.9. The summed E-state index contributed by atoms with van der Waals surface area (Å²) < 4.78 is 11.9. The van der Waals surface area contributed by atoms with Gasteiger partial charge in [-0.1, -0.05) is 0 Å². The molecule has 0 atom stereocenters. The van der Waals surface area contributed by atoms with Gasteiger partial charge in [-0.3, -0.25) is 0 Å². The number of aryl methyl sites for hydroxylation is 2. The van der Waals surface area contributed by atoms with Gasteiger partial charge in [0.1, 0.15) is 0 Å². The third kappa shape index (κ3) is 5.70. The molecular weight excluding hydrogens is 680 g/mol. The summed E-state index contributed by atoms with van der Waals surface area (Å²) in [6, 6.07) is 27.0. The molecule has 0 spiro atoms. The van der Waals surface area contributed by atoms with Crippen molar-refractivity contribution in [2.24, 2.45) is 0 Å². The summed E-state index contributed by atoms with van der Waals surface area (Å²) in [6.07, 6.45) is 9.04. The van der Waals surface area contributed by atoms with E-state index in [4.69, 9.17) is 4.21 Å². The quantitative estimate of drug-likeness (QED) is 0.172. The van der Waals surface area contributed by atoms with Gasteiger partial charge in [-0.25, -0.2) is 0 Å². The van der Waals surface area contributed by atoms with Crippen LogP contribution in [0, 0.1) is 13.8 Å². The molecule has 0 saturated carbocycles. The maximum absolute atomic E-state index is 5.91. The topological polar surface area (TPSA) is 0 Å². The van der Waals surface area contributed by atoms with Crippen molar-refractivity contribution in [3.63, 3.8) is 0 Å². The van der Waals surface area contributed by atoms with Crippen molar-refractivity contribution in [2.45, 2.75) is 131 Å². The SMILES string of the molecule is [CH2]=[Zr]([C]1=CC=CC1)([c]1ccc(C)cc1)([c]1ccc(C)cc1)[c]1c2c(cc(C(C)(C)C)c1C(C)(C)C)-c1cc(C(C)(C)C)c(C(C)(C)C)cc1C2. The maximum atomic E-state index is 5.91. The van der Waals surface area contributed by atoms with E-state index in [1.165, 1.54) is 62.2 Å². The minimum atomic E-state index is -5.01. The van der Waals surface area contributed by atoms with Crippen LogP contribution in [0.15, 0.2) is 88.2 Å². The van der Waals surface area contributed by atoms with Gasteiger partial charge in [-0.15, -0.1) is 0 Å². The molecule has 6 rings (SSSR count). The molecule has 0 radical (unpaired) electrons. The van der Waals surface area contributed by atoms with Gasteiger partial charge in [0.2, 0.25) is 0 Å². The third-order valence-corrected chi connectivity index (χ3v) is 28.3. The van der Waals surface area contributed by atoms with E-state index in [-0.39, 0.29) is 21.7 Å². The zero-order chi connectivity index (χ0) is 36.8. The van der Waals surface area contributed by atoms with Crippen LogP contribution in [0.25, 0.3) is 11.1 Å². The predicted molar refractivity (Wildman–Crippen MR) is 220 cm³/mol. The van der Waals surface area contributed by atoms with Crippen LogP contribution in [0.3, 0.4) is 0 Å². The molecule has 0 aromatic heterocycles. The summed E-state index contributed by atoms with van der Waals surface area (Å²) in [5, 5.41) is 0. The van der Waals surface area contributed by atoms with Gasteiger partial charge in [0.25, 0.3) is 0 Å². The Morgan fingerprint density at radius 3 is 1.44 bits per heavy atom. The van der Waals surface area contributed by atoms with Crippen molar-refractivity contribution in [3.05, 3.63) is 133 Å². The predicted octanol–water partition coefficient (Wildman–Crippen LogP) is 11.3. The summed E-state index contributed by atoms with van der Waals surface area (Å²) in [7, 11) is 0. The number of fused-ring (bicyclic) bond motifs is 3. The fraction of sp³-hybridized carbons (Fsp3) is 0.408. The second kappa shape index (κ2) is 11.8. The molecule has 0 unspecified atom stereocenters. The molecule has 0 fully saturated rings. The van der Waals surface area contributed by atoms with Crippen LogP contribution in [-0.4, -0.2) is 4.21 Å². The van der Waals surface area contributed by atoms with Crippen molar-refractivity contribution in [1.29, 1.82) is 0 Å². The van der Waals surface area contributed by atoms with E-state index < -0.39 is 18.3 Å². The van der Waals surface area contributed by atoms with Crippen LogP contribution in [0.1, 0.15) is 134 Å². The van der Waals surface area contributed by atoms with Crippen LogP contribution < -0.4 is 9.81 Å².